The van der Waals surface area contributed by atoms with Crippen LogP contribution in [0.25, 0.3) is 11.0 Å². The van der Waals surface area contributed by atoms with Crippen LogP contribution in [-0.2, 0) is 31.1 Å². The second-order valence-corrected chi connectivity index (χ2v) is 7.59. The van der Waals surface area contributed by atoms with E-state index in [2.05, 4.69) is 15.3 Å². The molecule has 0 saturated heterocycles. The number of aromatic nitrogens is 3. The quantitative estimate of drug-likeness (QED) is 0.674. The van der Waals surface area contributed by atoms with Gasteiger partial charge in [-0.15, -0.1) is 0 Å². The van der Waals surface area contributed by atoms with Crippen LogP contribution in [0.15, 0.2) is 24.5 Å². The molecule has 30 heavy (non-hydrogen) atoms. The lowest BCUT2D eigenvalue weighted by Crippen LogP contribution is -2.17. The summed E-state index contributed by atoms with van der Waals surface area (Å²) in [7, 11) is 1.83. The molecule has 2 heterocycles. The number of fused-ring (bicyclic) bond motifs is 1. The second kappa shape index (κ2) is 7.82. The van der Waals surface area contributed by atoms with Crippen molar-refractivity contribution in [2.45, 2.75) is 38.8 Å². The Hall–Kier alpha value is -3.34. The first kappa shape index (κ1) is 20.0. The van der Waals surface area contributed by atoms with E-state index < -0.39 is 23.8 Å². The van der Waals surface area contributed by atoms with Crippen molar-refractivity contribution in [1.82, 2.24) is 14.5 Å². The predicted octanol–water partition coefficient (Wildman–Crippen LogP) is 3.62. The van der Waals surface area contributed by atoms with Crippen LogP contribution in [0, 0.1) is 23.1 Å². The van der Waals surface area contributed by atoms with Gasteiger partial charge >= 0.3 is 0 Å². The smallest absolute Gasteiger partial charge is 0.231 e. The maximum Gasteiger partial charge on any atom is 0.231 e. The van der Waals surface area contributed by atoms with Gasteiger partial charge in [-0.25, -0.2) is 18.7 Å². The second-order valence-electron chi connectivity index (χ2n) is 7.59. The number of hydrogen-bond donors (Lipinski definition) is 1. The van der Waals surface area contributed by atoms with Gasteiger partial charge in [0, 0.05) is 12.7 Å². The van der Waals surface area contributed by atoms with E-state index in [0.717, 1.165) is 11.1 Å². The van der Waals surface area contributed by atoms with Crippen LogP contribution < -0.4 is 5.32 Å². The molecule has 154 valence electrons. The van der Waals surface area contributed by atoms with Gasteiger partial charge < -0.3 is 9.88 Å². The highest BCUT2D eigenvalue weighted by atomic mass is 19.1. The topological polar surface area (TPSA) is 83.6 Å². The fraction of sp³-hybridized carbons (Fsp3) is 0.364. The summed E-state index contributed by atoms with van der Waals surface area (Å²) in [6.07, 6.45) is 2.21. The van der Waals surface area contributed by atoms with E-state index in [1.165, 1.54) is 6.07 Å². The zero-order valence-electron chi connectivity index (χ0n) is 16.7. The van der Waals surface area contributed by atoms with Crippen molar-refractivity contribution < 1.29 is 13.6 Å². The summed E-state index contributed by atoms with van der Waals surface area (Å²) in [6.45, 7) is 1.92. The van der Waals surface area contributed by atoms with Crippen LogP contribution in [0.1, 0.15) is 35.7 Å². The molecule has 1 N–H and O–H groups in total. The van der Waals surface area contributed by atoms with Crippen molar-refractivity contribution in [3.8, 4) is 6.07 Å². The molecule has 8 heteroatoms. The standard InChI is InChI=1S/C22H21F2N5O/c1-3-13-6-12(10-25)7-17(23)15(13)5-4-14-8-19-20(26-11-29(19)2)21(27-14)28-22(30)16-9-18(16)24/h6-8,11,16,18H,3-5,9H2,1-2H3,(H,27,28,30)/t16-,18+/m0/s1. The Bertz CT molecular complexity index is 1180. The Morgan fingerprint density at radius 1 is 1.37 bits per heavy atom. The lowest BCUT2D eigenvalue weighted by atomic mass is 9.97. The van der Waals surface area contributed by atoms with E-state index in [-0.39, 0.29) is 6.42 Å². The van der Waals surface area contributed by atoms with E-state index in [1.54, 1.807) is 12.4 Å². The molecule has 1 aliphatic rings. The summed E-state index contributed by atoms with van der Waals surface area (Å²) in [6, 6.07) is 6.81. The summed E-state index contributed by atoms with van der Waals surface area (Å²) in [5.41, 5.74) is 3.64. The molecule has 0 aliphatic heterocycles. The van der Waals surface area contributed by atoms with E-state index in [1.807, 2.05) is 30.7 Å². The minimum Gasteiger partial charge on any atom is -0.334 e. The number of hydrogen-bond acceptors (Lipinski definition) is 4. The average Bonchev–Trinajstić information content (AvgIpc) is 3.36. The Kier molecular flexibility index (Phi) is 5.20. The van der Waals surface area contributed by atoms with E-state index in [0.29, 0.717) is 47.4 Å². The molecular weight excluding hydrogens is 388 g/mol. The van der Waals surface area contributed by atoms with Gasteiger partial charge in [0.05, 0.1) is 29.4 Å². The number of nitriles is 1. The number of pyridine rings is 1. The molecule has 0 unspecified atom stereocenters. The number of nitrogens with zero attached hydrogens (tertiary/aromatic N) is 4. The highest BCUT2D eigenvalue weighted by molar-refractivity contribution is 6.00. The average molecular weight is 409 g/mol. The van der Waals surface area contributed by atoms with Crippen molar-refractivity contribution in [3.63, 3.8) is 0 Å². The molecule has 4 rings (SSSR count). The SMILES string of the molecule is CCc1cc(C#N)cc(F)c1CCc1cc2c(ncn2C)c(NC(=O)[C@H]2C[C@H]2F)n1. The molecule has 0 spiro atoms. The number of rotatable bonds is 6. The number of imidazole rings is 1. The Balaban J connectivity index is 1.63. The number of carbonyl (C=O) groups is 1. The number of nitrogens with one attached hydrogen (secondary N) is 1. The molecule has 0 bridgehead atoms. The molecule has 1 fully saturated rings. The van der Waals surface area contributed by atoms with Crippen molar-refractivity contribution >= 4 is 22.8 Å². The third-order valence-electron chi connectivity index (χ3n) is 5.49. The largest absolute Gasteiger partial charge is 0.334 e. The number of anilines is 1. The minimum atomic E-state index is -1.10. The molecule has 6 nitrogen and oxygen atoms in total. The van der Waals surface area contributed by atoms with Gasteiger partial charge in [-0.05, 0) is 55.0 Å². The van der Waals surface area contributed by atoms with Crippen LogP contribution in [0.5, 0.6) is 0 Å². The van der Waals surface area contributed by atoms with Crippen LogP contribution in [0.4, 0.5) is 14.6 Å². The lowest BCUT2D eigenvalue weighted by molar-refractivity contribution is -0.117. The first-order valence-electron chi connectivity index (χ1n) is 9.88. The Morgan fingerprint density at radius 3 is 2.80 bits per heavy atom. The molecule has 3 aromatic rings. The normalized spacial score (nSPS) is 17.7. The van der Waals surface area contributed by atoms with Crippen molar-refractivity contribution in [2.24, 2.45) is 13.0 Å². The fourth-order valence-electron chi connectivity index (χ4n) is 3.65. The number of aryl methyl sites for hydroxylation is 3. The first-order valence-corrected chi connectivity index (χ1v) is 9.88. The molecule has 1 aliphatic carbocycles. The maximum absolute atomic E-state index is 14.6. The first-order chi connectivity index (χ1) is 14.4. The molecule has 1 amide bonds. The molecule has 2 aromatic heterocycles. The van der Waals surface area contributed by atoms with Crippen LogP contribution in [0.3, 0.4) is 0 Å². The molecule has 2 atom stereocenters. The number of amides is 1. The molecule has 1 saturated carbocycles. The number of carbonyl (C=O) groups excluding carboxylic acids is 1. The maximum atomic E-state index is 14.6. The number of benzene rings is 1. The summed E-state index contributed by atoms with van der Waals surface area (Å²) >= 11 is 0. The number of halogens is 2. The lowest BCUT2D eigenvalue weighted by Gasteiger charge is -2.11. The zero-order valence-corrected chi connectivity index (χ0v) is 16.7. The van der Waals surface area contributed by atoms with Crippen molar-refractivity contribution in [3.05, 3.63) is 52.7 Å². The third kappa shape index (κ3) is 3.75. The van der Waals surface area contributed by atoms with Crippen LogP contribution in [-0.4, -0.2) is 26.6 Å². The summed E-state index contributed by atoms with van der Waals surface area (Å²) in [4.78, 5) is 21.0. The van der Waals surface area contributed by atoms with Gasteiger partial charge in [0.1, 0.15) is 17.5 Å². The van der Waals surface area contributed by atoms with Crippen LogP contribution in [0.2, 0.25) is 0 Å². The predicted molar refractivity (Wildman–Crippen MR) is 108 cm³/mol. The molecular formula is C22H21F2N5O. The van der Waals surface area contributed by atoms with Crippen molar-refractivity contribution in [1.29, 1.82) is 5.26 Å². The van der Waals surface area contributed by atoms with Gasteiger partial charge in [-0.1, -0.05) is 6.92 Å². The zero-order chi connectivity index (χ0) is 21.4. The fourth-order valence-corrected chi connectivity index (χ4v) is 3.65. The summed E-state index contributed by atoms with van der Waals surface area (Å²) in [5, 5.41) is 11.8. The van der Waals surface area contributed by atoms with E-state index >= 15 is 0 Å². The highest BCUT2D eigenvalue weighted by Crippen LogP contribution is 2.35. The third-order valence-corrected chi connectivity index (χ3v) is 5.49. The van der Waals surface area contributed by atoms with Crippen LogP contribution >= 0.6 is 0 Å². The van der Waals surface area contributed by atoms with E-state index in [9.17, 15) is 13.6 Å². The molecule has 0 radical (unpaired) electrons. The van der Waals surface area contributed by atoms with Gasteiger partial charge in [-0.3, -0.25) is 4.79 Å². The number of alkyl halides is 1. The van der Waals surface area contributed by atoms with Crippen molar-refractivity contribution in [2.75, 3.05) is 5.32 Å². The monoisotopic (exact) mass is 409 g/mol. The van der Waals surface area contributed by atoms with Gasteiger partial charge in [0.25, 0.3) is 0 Å². The van der Waals surface area contributed by atoms with Gasteiger partial charge in [0.2, 0.25) is 5.91 Å². The Morgan fingerprint density at radius 2 is 2.13 bits per heavy atom. The summed E-state index contributed by atoms with van der Waals surface area (Å²) < 4.78 is 29.6. The summed E-state index contributed by atoms with van der Waals surface area (Å²) in [5.74, 6) is -1.13. The molecule has 1 aromatic carbocycles. The van der Waals surface area contributed by atoms with Gasteiger partial charge in [-0.2, -0.15) is 5.26 Å². The highest BCUT2D eigenvalue weighted by Gasteiger charge is 2.44. The van der Waals surface area contributed by atoms with Gasteiger partial charge in [0.15, 0.2) is 5.82 Å². The Labute approximate surface area is 172 Å². The minimum absolute atomic E-state index is 0.231. The van der Waals surface area contributed by atoms with E-state index in [4.69, 9.17) is 5.26 Å².